The second-order valence-corrected chi connectivity index (χ2v) is 3.97. The third-order valence-corrected chi connectivity index (χ3v) is 2.15. The summed E-state index contributed by atoms with van der Waals surface area (Å²) in [6.07, 6.45) is 5.96. The molecule has 0 aromatic carbocycles. The number of ether oxygens (including phenoxy) is 1. The molecule has 1 rings (SSSR count). The van der Waals surface area contributed by atoms with Crippen molar-refractivity contribution in [2.45, 2.75) is 32.8 Å². The smallest absolute Gasteiger partial charge is 0.139 e. The van der Waals surface area contributed by atoms with E-state index in [1.54, 1.807) is 12.4 Å². The van der Waals surface area contributed by atoms with E-state index in [1.165, 1.54) is 0 Å². The highest BCUT2D eigenvalue weighted by Crippen LogP contribution is 2.17. The zero-order valence-corrected chi connectivity index (χ0v) is 9.54. The van der Waals surface area contributed by atoms with Crippen LogP contribution < -0.4 is 4.74 Å². The number of hydrogen-bond acceptors (Lipinski definition) is 2. The van der Waals surface area contributed by atoms with E-state index in [2.05, 4.69) is 34.8 Å². The summed E-state index contributed by atoms with van der Waals surface area (Å²) in [4.78, 5) is 4.03. The van der Waals surface area contributed by atoms with E-state index in [9.17, 15) is 0 Å². The summed E-state index contributed by atoms with van der Waals surface area (Å²) >= 11 is 3.35. The zero-order chi connectivity index (χ0) is 9.68. The van der Waals surface area contributed by atoms with Crippen LogP contribution in [0.1, 0.15) is 26.7 Å². The van der Waals surface area contributed by atoms with Gasteiger partial charge in [0, 0.05) is 10.7 Å². The maximum absolute atomic E-state index is 5.64. The van der Waals surface area contributed by atoms with Crippen LogP contribution in [0.2, 0.25) is 0 Å². The number of nitrogens with zero attached hydrogens (tertiary/aromatic N) is 1. The van der Waals surface area contributed by atoms with E-state index in [0.717, 1.165) is 23.1 Å². The molecule has 1 unspecified atom stereocenters. The fourth-order valence-electron chi connectivity index (χ4n) is 1.15. The van der Waals surface area contributed by atoms with E-state index < -0.39 is 0 Å². The third-order valence-electron chi connectivity index (χ3n) is 1.71. The highest BCUT2D eigenvalue weighted by Gasteiger charge is 2.02. The third kappa shape index (κ3) is 3.77. The molecule has 0 aliphatic rings. The first-order valence-corrected chi connectivity index (χ1v) is 5.29. The molecule has 0 radical (unpaired) electrons. The number of hydrogen-bond donors (Lipinski definition) is 0. The van der Waals surface area contributed by atoms with Crippen LogP contribution in [0.15, 0.2) is 22.9 Å². The molecule has 3 heteroatoms. The van der Waals surface area contributed by atoms with Crippen molar-refractivity contribution in [3.05, 3.63) is 22.9 Å². The Kier molecular flexibility index (Phi) is 4.22. The number of pyridine rings is 1. The highest BCUT2D eigenvalue weighted by molar-refractivity contribution is 9.10. The topological polar surface area (TPSA) is 22.1 Å². The van der Waals surface area contributed by atoms with Gasteiger partial charge in [-0.3, -0.25) is 4.98 Å². The van der Waals surface area contributed by atoms with E-state index >= 15 is 0 Å². The van der Waals surface area contributed by atoms with E-state index in [0.29, 0.717) is 0 Å². The van der Waals surface area contributed by atoms with Crippen LogP contribution in [0.5, 0.6) is 5.75 Å². The number of aromatic nitrogens is 1. The van der Waals surface area contributed by atoms with Gasteiger partial charge in [0.1, 0.15) is 5.75 Å². The van der Waals surface area contributed by atoms with Crippen LogP contribution in [0.3, 0.4) is 0 Å². The minimum atomic E-state index is 0.265. The summed E-state index contributed by atoms with van der Waals surface area (Å²) in [5.74, 6) is 0.829. The molecule has 0 amide bonds. The maximum Gasteiger partial charge on any atom is 0.139 e. The van der Waals surface area contributed by atoms with Crippen LogP contribution >= 0.6 is 15.9 Å². The molecule has 0 saturated carbocycles. The first-order chi connectivity index (χ1) is 6.22. The molecule has 1 atom stereocenters. The lowest BCUT2D eigenvalue weighted by Gasteiger charge is -2.13. The summed E-state index contributed by atoms with van der Waals surface area (Å²) in [5, 5.41) is 0. The van der Waals surface area contributed by atoms with Gasteiger partial charge in [-0.15, -0.1) is 0 Å². The van der Waals surface area contributed by atoms with E-state index in [4.69, 9.17) is 4.74 Å². The first kappa shape index (κ1) is 10.5. The predicted molar refractivity (Wildman–Crippen MR) is 56.9 cm³/mol. The molecule has 0 spiro atoms. The molecule has 2 nitrogen and oxygen atoms in total. The van der Waals surface area contributed by atoms with Gasteiger partial charge < -0.3 is 4.74 Å². The second-order valence-electron chi connectivity index (χ2n) is 3.06. The lowest BCUT2D eigenvalue weighted by atomic mass is 10.2. The van der Waals surface area contributed by atoms with Gasteiger partial charge in [0.2, 0.25) is 0 Å². The van der Waals surface area contributed by atoms with Crippen molar-refractivity contribution in [3.8, 4) is 5.75 Å². The summed E-state index contributed by atoms with van der Waals surface area (Å²) in [6.45, 7) is 4.23. The van der Waals surface area contributed by atoms with Gasteiger partial charge in [0.25, 0.3) is 0 Å². The molecule has 0 fully saturated rings. The molecule has 1 aromatic heterocycles. The lowest BCUT2D eigenvalue weighted by Crippen LogP contribution is -2.10. The Hall–Kier alpha value is -0.570. The molecule has 0 aliphatic heterocycles. The minimum Gasteiger partial charge on any atom is -0.489 e. The fourth-order valence-corrected chi connectivity index (χ4v) is 1.50. The highest BCUT2D eigenvalue weighted by atomic mass is 79.9. The van der Waals surface area contributed by atoms with Gasteiger partial charge >= 0.3 is 0 Å². The van der Waals surface area contributed by atoms with Crippen molar-refractivity contribution in [1.29, 1.82) is 0 Å². The van der Waals surface area contributed by atoms with Gasteiger partial charge in [-0.2, -0.15) is 0 Å². The summed E-state index contributed by atoms with van der Waals surface area (Å²) in [5.41, 5.74) is 0. The minimum absolute atomic E-state index is 0.265. The standard InChI is InChI=1S/C10H14BrNO/c1-3-4-8(2)13-10-5-9(11)6-12-7-10/h5-8H,3-4H2,1-2H3. The Morgan fingerprint density at radius 3 is 2.92 bits per heavy atom. The average molecular weight is 244 g/mol. The zero-order valence-electron chi connectivity index (χ0n) is 7.96. The van der Waals surface area contributed by atoms with Crippen LogP contribution in [-0.4, -0.2) is 11.1 Å². The Bertz CT molecular complexity index is 265. The van der Waals surface area contributed by atoms with Gasteiger partial charge in [-0.1, -0.05) is 13.3 Å². The number of halogens is 1. The van der Waals surface area contributed by atoms with Crippen LogP contribution in [0.25, 0.3) is 0 Å². The summed E-state index contributed by atoms with van der Waals surface area (Å²) < 4.78 is 6.60. The lowest BCUT2D eigenvalue weighted by molar-refractivity contribution is 0.209. The van der Waals surface area contributed by atoms with Crippen LogP contribution in [0.4, 0.5) is 0 Å². The second kappa shape index (κ2) is 5.22. The molecule has 0 aliphatic carbocycles. The molecule has 0 saturated heterocycles. The molecule has 1 heterocycles. The summed E-state index contributed by atoms with van der Waals surface area (Å²) in [6, 6.07) is 1.93. The number of rotatable bonds is 4. The molecule has 0 N–H and O–H groups in total. The Morgan fingerprint density at radius 2 is 2.31 bits per heavy atom. The van der Waals surface area contributed by atoms with Crippen LogP contribution in [0, 0.1) is 0 Å². The molecular formula is C10H14BrNO. The maximum atomic E-state index is 5.64. The molecule has 0 bridgehead atoms. The first-order valence-electron chi connectivity index (χ1n) is 4.49. The van der Waals surface area contributed by atoms with Gasteiger partial charge in [0.05, 0.1) is 12.3 Å². The summed E-state index contributed by atoms with van der Waals surface area (Å²) in [7, 11) is 0. The van der Waals surface area contributed by atoms with Crippen molar-refractivity contribution in [1.82, 2.24) is 4.98 Å². The Labute approximate surface area is 87.5 Å². The average Bonchev–Trinajstić information content (AvgIpc) is 2.04. The van der Waals surface area contributed by atoms with Crippen molar-refractivity contribution in [2.75, 3.05) is 0 Å². The molecule has 72 valence electrons. The monoisotopic (exact) mass is 243 g/mol. The molecular weight excluding hydrogens is 230 g/mol. The van der Waals surface area contributed by atoms with E-state index in [-0.39, 0.29) is 6.10 Å². The van der Waals surface area contributed by atoms with Crippen molar-refractivity contribution >= 4 is 15.9 Å². The molecule has 13 heavy (non-hydrogen) atoms. The quantitative estimate of drug-likeness (QED) is 0.809. The largest absolute Gasteiger partial charge is 0.489 e. The van der Waals surface area contributed by atoms with Gasteiger partial charge in [-0.05, 0) is 35.3 Å². The fraction of sp³-hybridized carbons (Fsp3) is 0.500. The van der Waals surface area contributed by atoms with Crippen LogP contribution in [-0.2, 0) is 0 Å². The Morgan fingerprint density at radius 1 is 1.54 bits per heavy atom. The Balaban J connectivity index is 2.53. The van der Waals surface area contributed by atoms with Gasteiger partial charge in [0.15, 0.2) is 0 Å². The van der Waals surface area contributed by atoms with Crippen molar-refractivity contribution < 1.29 is 4.74 Å². The normalized spacial score (nSPS) is 12.5. The molecule has 1 aromatic rings. The van der Waals surface area contributed by atoms with Crippen molar-refractivity contribution in [2.24, 2.45) is 0 Å². The van der Waals surface area contributed by atoms with E-state index in [1.807, 2.05) is 6.07 Å². The van der Waals surface area contributed by atoms with Crippen molar-refractivity contribution in [3.63, 3.8) is 0 Å². The van der Waals surface area contributed by atoms with Gasteiger partial charge in [-0.25, -0.2) is 0 Å². The SMILES string of the molecule is CCCC(C)Oc1cncc(Br)c1. The predicted octanol–water partition coefficient (Wildman–Crippen LogP) is 3.41.